The van der Waals surface area contributed by atoms with Gasteiger partial charge in [-0.1, -0.05) is 118 Å². The summed E-state index contributed by atoms with van der Waals surface area (Å²) in [6, 6.07) is 41.4. The van der Waals surface area contributed by atoms with Gasteiger partial charge in [0.05, 0.1) is 15.7 Å². The molecule has 8 aromatic rings. The van der Waals surface area contributed by atoms with Gasteiger partial charge < -0.3 is 19.1 Å². The summed E-state index contributed by atoms with van der Waals surface area (Å²) in [5, 5.41) is 11.1. The minimum atomic E-state index is -2.03. The molecule has 7 heteroatoms. The van der Waals surface area contributed by atoms with Crippen LogP contribution >= 0.6 is 0 Å². The first-order valence-corrected chi connectivity index (χ1v) is 22.5. The Morgan fingerprint density at radius 3 is 2.04 bits per heavy atom. The van der Waals surface area contributed by atoms with Crippen LogP contribution in [0.15, 0.2) is 127 Å². The average molecular weight is 1070 g/mol. The fraction of sp³-hybridized carbons (Fsp3) is 0.283. The Hall–Kier alpha value is -6.15. The molecular formula is C60H60N5OPt-3. The maximum atomic E-state index is 10.2. The summed E-state index contributed by atoms with van der Waals surface area (Å²) in [4.78, 5) is 9.13. The molecule has 0 radical (unpaired) electrons. The second kappa shape index (κ2) is 18.2. The third kappa shape index (κ3) is 9.29. The predicted octanol–water partition coefficient (Wildman–Crippen LogP) is 16.3. The summed E-state index contributed by atoms with van der Waals surface area (Å²) in [6.07, 6.45) is -2.36. The van der Waals surface area contributed by atoms with Crippen molar-refractivity contribution < 1.29 is 35.4 Å². The molecule has 0 fully saturated rings. The van der Waals surface area contributed by atoms with Crippen molar-refractivity contribution in [3.63, 3.8) is 0 Å². The topological polar surface area (TPSA) is 57.3 Å². The Kier molecular flexibility index (Phi) is 10.5. The fourth-order valence-corrected chi connectivity index (χ4v) is 8.54. The zero-order valence-electron chi connectivity index (χ0n) is 47.0. The van der Waals surface area contributed by atoms with Crippen LogP contribution in [0.1, 0.15) is 132 Å². The van der Waals surface area contributed by atoms with Crippen LogP contribution < -0.4 is 14.5 Å². The summed E-state index contributed by atoms with van der Waals surface area (Å²) in [7, 11) is 0. The molecule has 0 aliphatic carbocycles. The second-order valence-corrected chi connectivity index (χ2v) is 20.1. The van der Waals surface area contributed by atoms with Crippen molar-refractivity contribution in [1.82, 2.24) is 9.55 Å². The normalized spacial score (nSPS) is 14.9. The van der Waals surface area contributed by atoms with Crippen LogP contribution in [-0.2, 0) is 37.3 Å². The molecule has 3 heterocycles. The molecule has 0 amide bonds. The molecule has 0 spiro atoms. The first kappa shape index (κ1) is 38.9. The number of benzene rings is 6. The monoisotopic (exact) mass is 1070 g/mol. The second-order valence-electron chi connectivity index (χ2n) is 20.1. The predicted molar refractivity (Wildman–Crippen MR) is 274 cm³/mol. The van der Waals surface area contributed by atoms with Crippen LogP contribution in [0, 0.1) is 30.1 Å². The molecule has 6 nitrogen and oxygen atoms in total. The van der Waals surface area contributed by atoms with E-state index < -0.39 is 18.7 Å². The summed E-state index contributed by atoms with van der Waals surface area (Å²) >= 11 is 0. The Labute approximate surface area is 422 Å². The van der Waals surface area contributed by atoms with E-state index in [1.54, 1.807) is 22.9 Å². The van der Waals surface area contributed by atoms with Crippen LogP contribution in [0.4, 0.5) is 22.7 Å². The van der Waals surface area contributed by atoms with E-state index in [-0.39, 0.29) is 83.2 Å². The van der Waals surface area contributed by atoms with Gasteiger partial charge in [0.15, 0.2) is 0 Å². The number of fused-ring (bicyclic) bond motifs is 4. The molecule has 1 aliphatic rings. The number of pyridine rings is 1. The maximum absolute atomic E-state index is 10.2. The molecule has 1 aliphatic heterocycles. The molecule has 6 aromatic carbocycles. The molecule has 0 bridgehead atoms. The van der Waals surface area contributed by atoms with Gasteiger partial charge in [-0.3, -0.25) is 0 Å². The van der Waals surface area contributed by atoms with Crippen LogP contribution in [0.3, 0.4) is 0 Å². The van der Waals surface area contributed by atoms with Crippen molar-refractivity contribution in [3.05, 3.63) is 174 Å². The Morgan fingerprint density at radius 1 is 0.716 bits per heavy atom. The smallest absolute Gasteiger partial charge is 0.135 e. The molecule has 0 unspecified atom stereocenters. The number of nitriles is 1. The van der Waals surface area contributed by atoms with Gasteiger partial charge in [0, 0.05) is 66.8 Å². The van der Waals surface area contributed by atoms with Crippen LogP contribution in [-0.4, -0.2) is 9.55 Å². The van der Waals surface area contributed by atoms with Crippen molar-refractivity contribution in [2.24, 2.45) is 0 Å². The van der Waals surface area contributed by atoms with E-state index in [1.807, 2.05) is 48.5 Å². The Morgan fingerprint density at radius 2 is 1.39 bits per heavy atom. The van der Waals surface area contributed by atoms with Gasteiger partial charge in [-0.05, 0) is 128 Å². The maximum Gasteiger partial charge on any atom is 0.135 e. The molecule has 9 rings (SSSR count). The van der Waals surface area contributed by atoms with Gasteiger partial charge in [-0.15, -0.1) is 48.1 Å². The number of anilines is 4. The summed E-state index contributed by atoms with van der Waals surface area (Å²) in [5.74, 6) is -0.0738. The Bertz CT molecular complexity index is 3490. The van der Waals surface area contributed by atoms with Crippen molar-refractivity contribution in [3.8, 4) is 34.5 Å². The third-order valence-electron chi connectivity index (χ3n) is 12.3. The van der Waals surface area contributed by atoms with E-state index in [0.717, 1.165) is 28.3 Å². The van der Waals surface area contributed by atoms with Gasteiger partial charge in [-0.2, -0.15) is 17.4 Å². The molecule has 0 atom stereocenters. The van der Waals surface area contributed by atoms with Crippen LogP contribution in [0.2, 0.25) is 0 Å². The average Bonchev–Trinajstić information content (AvgIpc) is 3.86. The van der Waals surface area contributed by atoms with Gasteiger partial charge in [-0.25, -0.2) is 4.98 Å². The zero-order valence-corrected chi connectivity index (χ0v) is 42.3. The summed E-state index contributed by atoms with van der Waals surface area (Å²) in [6.45, 7) is 24.4. The zero-order chi connectivity index (χ0) is 52.9. The number of rotatable bonds is 9. The number of aromatic nitrogens is 2. The molecular weight excluding hydrogens is 1000 g/mol. The van der Waals surface area contributed by atoms with E-state index >= 15 is 0 Å². The standard InChI is InChI=1S/C60H60N5O.Pt/c1-12-40(13-2)42-27-39(37-61)28-43(29-42)41-21-24-53-52(30-41)51-23-22-50(36-56(51)65(53)57-34-44(25-26-62-57)58(3,4)5)66-49-18-16-17-47(35-49)63-38-64(55-20-15-14-19-54(55)63)48-32-45(59(6,7)8)31-46(33-48)60(9,10)11;/h14-34,38,40H,12-13H2,1-11H3;/q-3;/i12D2,13D2,21D,24D,30D;. The van der Waals surface area contributed by atoms with Crippen LogP contribution in [0.25, 0.3) is 38.8 Å². The van der Waals surface area contributed by atoms with E-state index in [1.165, 1.54) is 37.1 Å². The molecule has 344 valence electrons. The molecule has 2 aromatic heterocycles. The SMILES string of the molecule is [2H]c1c(-c2cc(C#N)cc(C(C([2H])([2H])C)C([2H])([2H])C)c2)c([2H])c2c3ccc(Oc4[c-]c(N5[CH-]N(c6cc(C(C)(C)C)cc(C(C)(C)C)c6)c6ccccc65)ccc4)[c-]c3n(-c3cc(C(C)(C)C)ccn3)c2c1[2H].[Pt]. The van der Waals surface area contributed by atoms with Crippen molar-refractivity contribution in [2.45, 2.75) is 111 Å². The molecule has 0 saturated heterocycles. The minimum Gasteiger partial charge on any atom is -0.509 e. The Balaban J connectivity index is 0.00000729. The van der Waals surface area contributed by atoms with E-state index in [4.69, 9.17) is 15.2 Å². The number of hydrogen-bond acceptors (Lipinski definition) is 5. The molecule has 0 N–H and O–H groups in total. The van der Waals surface area contributed by atoms with Crippen molar-refractivity contribution in [1.29, 1.82) is 5.26 Å². The van der Waals surface area contributed by atoms with E-state index in [0.29, 0.717) is 33.6 Å². The third-order valence-corrected chi connectivity index (χ3v) is 12.3. The van der Waals surface area contributed by atoms with Gasteiger partial charge in [0.25, 0.3) is 0 Å². The first-order valence-electron chi connectivity index (χ1n) is 26.0. The number of para-hydroxylation sites is 2. The van der Waals surface area contributed by atoms with Gasteiger partial charge >= 0.3 is 0 Å². The van der Waals surface area contributed by atoms with Crippen molar-refractivity contribution >= 4 is 44.6 Å². The molecule has 67 heavy (non-hydrogen) atoms. The first-order chi connectivity index (χ1) is 34.0. The minimum absolute atomic E-state index is 0. The number of nitrogens with zero attached hydrogens (tertiary/aromatic N) is 5. The van der Waals surface area contributed by atoms with Gasteiger partial charge in [0.2, 0.25) is 0 Å². The molecule has 0 saturated carbocycles. The van der Waals surface area contributed by atoms with Gasteiger partial charge in [0.1, 0.15) is 5.82 Å². The number of hydrogen-bond donors (Lipinski definition) is 0. The largest absolute Gasteiger partial charge is 0.509 e. The van der Waals surface area contributed by atoms with E-state index in [9.17, 15) is 9.37 Å². The fourth-order valence-electron chi connectivity index (χ4n) is 8.54. The summed E-state index contributed by atoms with van der Waals surface area (Å²) < 4.78 is 71.8. The van der Waals surface area contributed by atoms with E-state index in [2.05, 4.69) is 127 Å². The summed E-state index contributed by atoms with van der Waals surface area (Å²) in [5.41, 5.74) is 8.23. The number of ether oxygens (including phenoxy) is 1. The quantitative estimate of drug-likeness (QED) is 0.135. The van der Waals surface area contributed by atoms with Crippen LogP contribution in [0.5, 0.6) is 11.5 Å². The van der Waals surface area contributed by atoms with Crippen molar-refractivity contribution in [2.75, 3.05) is 9.80 Å².